The van der Waals surface area contributed by atoms with E-state index in [4.69, 9.17) is 13.9 Å². The molecular formula is C25H22N2O7S. The molecule has 35 heavy (non-hydrogen) atoms. The molecule has 3 heterocycles. The van der Waals surface area contributed by atoms with Crippen LogP contribution in [0.4, 0.5) is 5.13 Å². The van der Waals surface area contributed by atoms with Crippen LogP contribution in [0.3, 0.4) is 0 Å². The average molecular weight is 495 g/mol. The van der Waals surface area contributed by atoms with Crippen LogP contribution in [0.1, 0.15) is 39.7 Å². The van der Waals surface area contributed by atoms with E-state index in [1.807, 2.05) is 0 Å². The zero-order chi connectivity index (χ0) is 25.1. The summed E-state index contributed by atoms with van der Waals surface area (Å²) >= 11 is 0.927. The zero-order valence-corrected chi connectivity index (χ0v) is 19.8. The number of hydrogen-bond donors (Lipinski definition) is 1. The Morgan fingerprint density at radius 3 is 2.66 bits per heavy atom. The summed E-state index contributed by atoms with van der Waals surface area (Å²) in [5, 5.41) is 11.2. The molecular weight excluding hydrogens is 472 g/mol. The van der Waals surface area contributed by atoms with Crippen LogP contribution in [0.5, 0.6) is 5.75 Å². The van der Waals surface area contributed by atoms with Gasteiger partial charge < -0.3 is 19.0 Å². The highest BCUT2D eigenvalue weighted by molar-refractivity contribution is 7.17. The van der Waals surface area contributed by atoms with Gasteiger partial charge in [-0.25, -0.2) is 9.78 Å². The summed E-state index contributed by atoms with van der Waals surface area (Å²) in [4.78, 5) is 44.3. The number of rotatable bonds is 8. The SMILES string of the molecule is C=CCOc1ccc(/C(O)=C2\C(=O)C(=O)N(c3nc(C)c(C(=O)OCC)s3)[C@H]2c2ccco2)cc1. The van der Waals surface area contributed by atoms with Crippen molar-refractivity contribution in [1.82, 2.24) is 4.98 Å². The number of Topliss-reactive ketones (excluding diaryl/α,β-unsaturated/α-hetero) is 1. The Labute approximate surface area is 204 Å². The molecule has 0 bridgehead atoms. The van der Waals surface area contributed by atoms with Gasteiger partial charge in [-0.2, -0.15) is 0 Å². The van der Waals surface area contributed by atoms with E-state index in [0.717, 1.165) is 16.2 Å². The molecule has 4 rings (SSSR count). The lowest BCUT2D eigenvalue weighted by atomic mass is 9.99. The maximum absolute atomic E-state index is 13.2. The number of furan rings is 1. The molecule has 9 nitrogen and oxygen atoms in total. The van der Waals surface area contributed by atoms with Crippen LogP contribution in [-0.4, -0.2) is 41.0 Å². The summed E-state index contributed by atoms with van der Waals surface area (Å²) in [6, 6.07) is 8.54. The summed E-state index contributed by atoms with van der Waals surface area (Å²) in [7, 11) is 0. The van der Waals surface area contributed by atoms with Gasteiger partial charge in [-0.1, -0.05) is 24.0 Å². The van der Waals surface area contributed by atoms with E-state index >= 15 is 0 Å². The van der Waals surface area contributed by atoms with Gasteiger partial charge in [-0.15, -0.1) is 0 Å². The second-order valence-corrected chi connectivity index (χ2v) is 8.42. The fourth-order valence-electron chi connectivity index (χ4n) is 3.64. The predicted octanol–water partition coefficient (Wildman–Crippen LogP) is 4.41. The highest BCUT2D eigenvalue weighted by Gasteiger charge is 2.49. The topological polar surface area (TPSA) is 119 Å². The van der Waals surface area contributed by atoms with Crippen molar-refractivity contribution in [3.8, 4) is 5.75 Å². The quantitative estimate of drug-likeness (QED) is 0.161. The molecule has 0 unspecified atom stereocenters. The van der Waals surface area contributed by atoms with Crippen LogP contribution >= 0.6 is 11.3 Å². The fourth-order valence-corrected chi connectivity index (χ4v) is 4.62. The van der Waals surface area contributed by atoms with Gasteiger partial charge in [0.25, 0.3) is 5.78 Å². The van der Waals surface area contributed by atoms with Crippen LogP contribution in [-0.2, 0) is 14.3 Å². The lowest BCUT2D eigenvalue weighted by molar-refractivity contribution is -0.132. The van der Waals surface area contributed by atoms with Crippen molar-refractivity contribution in [1.29, 1.82) is 0 Å². The van der Waals surface area contributed by atoms with Gasteiger partial charge in [0, 0.05) is 5.56 Å². The number of ketones is 1. The van der Waals surface area contributed by atoms with E-state index in [1.54, 1.807) is 56.3 Å². The first-order valence-corrected chi connectivity index (χ1v) is 11.5. The van der Waals surface area contributed by atoms with E-state index in [-0.39, 0.29) is 33.7 Å². The molecule has 0 saturated carbocycles. The van der Waals surface area contributed by atoms with Crippen molar-refractivity contribution < 1.29 is 33.4 Å². The van der Waals surface area contributed by atoms with Gasteiger partial charge in [0.1, 0.15) is 34.8 Å². The summed E-state index contributed by atoms with van der Waals surface area (Å²) in [6.07, 6.45) is 3.00. The molecule has 1 saturated heterocycles. The number of thiazole rings is 1. The van der Waals surface area contributed by atoms with E-state index in [9.17, 15) is 19.5 Å². The minimum atomic E-state index is -1.08. The van der Waals surface area contributed by atoms with Crippen molar-refractivity contribution in [2.24, 2.45) is 0 Å². The van der Waals surface area contributed by atoms with Crippen LogP contribution in [0.15, 0.2) is 65.3 Å². The Kier molecular flexibility index (Phi) is 6.83. The molecule has 3 aromatic rings. The number of anilines is 1. The van der Waals surface area contributed by atoms with Gasteiger partial charge in [0.2, 0.25) is 0 Å². The van der Waals surface area contributed by atoms with Gasteiger partial charge in [-0.3, -0.25) is 14.5 Å². The number of aryl methyl sites for hydroxylation is 1. The van der Waals surface area contributed by atoms with Gasteiger partial charge in [-0.05, 0) is 50.2 Å². The first-order chi connectivity index (χ1) is 16.9. The molecule has 0 spiro atoms. The minimum Gasteiger partial charge on any atom is -0.507 e. The average Bonchev–Trinajstić information content (AvgIpc) is 3.57. The number of benzene rings is 1. The Balaban J connectivity index is 1.80. The third-order valence-corrected chi connectivity index (χ3v) is 6.34. The Morgan fingerprint density at radius 2 is 2.03 bits per heavy atom. The molecule has 1 atom stereocenters. The highest BCUT2D eigenvalue weighted by atomic mass is 32.1. The Hall–Kier alpha value is -4.18. The number of esters is 1. The molecule has 1 aromatic carbocycles. The summed E-state index contributed by atoms with van der Waals surface area (Å²) in [5.74, 6) is -1.94. The van der Waals surface area contributed by atoms with Crippen molar-refractivity contribution in [3.05, 3.63) is 82.8 Å². The standard InChI is InChI=1S/C25H22N2O7S/c1-4-12-33-16-10-8-15(9-11-16)20(28)18-19(17-7-6-13-34-17)27(23(30)21(18)29)25-26-14(3)22(35-25)24(31)32-5-2/h4,6-11,13,19,28H,1,5,12H2,2-3H3/b20-18+/t19-/m0/s1. The first-order valence-electron chi connectivity index (χ1n) is 10.7. The van der Waals surface area contributed by atoms with Crippen LogP contribution in [0.2, 0.25) is 0 Å². The molecule has 1 aliphatic heterocycles. The third-order valence-electron chi connectivity index (χ3n) is 5.20. The van der Waals surface area contributed by atoms with Gasteiger partial charge in [0.15, 0.2) is 5.13 Å². The number of ether oxygens (including phenoxy) is 2. The van der Waals surface area contributed by atoms with Crippen molar-refractivity contribution in [2.45, 2.75) is 19.9 Å². The molecule has 1 amide bonds. The number of aliphatic hydroxyl groups excluding tert-OH is 1. The lowest BCUT2D eigenvalue weighted by Gasteiger charge is -2.20. The predicted molar refractivity (Wildman–Crippen MR) is 128 cm³/mol. The highest BCUT2D eigenvalue weighted by Crippen LogP contribution is 2.44. The number of aromatic nitrogens is 1. The van der Waals surface area contributed by atoms with E-state index in [0.29, 0.717) is 23.6 Å². The monoisotopic (exact) mass is 494 g/mol. The molecule has 1 N–H and O–H groups in total. The van der Waals surface area contributed by atoms with Gasteiger partial charge in [0.05, 0.1) is 24.1 Å². The van der Waals surface area contributed by atoms with Crippen molar-refractivity contribution >= 4 is 39.9 Å². The molecule has 180 valence electrons. The number of carbonyl (C=O) groups excluding carboxylic acids is 3. The number of aliphatic hydroxyl groups is 1. The molecule has 1 fully saturated rings. The minimum absolute atomic E-state index is 0.112. The molecule has 2 aromatic heterocycles. The second-order valence-electron chi connectivity index (χ2n) is 7.44. The van der Waals surface area contributed by atoms with Crippen LogP contribution in [0.25, 0.3) is 5.76 Å². The van der Waals surface area contributed by atoms with E-state index < -0.39 is 23.7 Å². The van der Waals surface area contributed by atoms with Crippen molar-refractivity contribution in [3.63, 3.8) is 0 Å². The number of nitrogens with zero attached hydrogens (tertiary/aromatic N) is 2. The Bertz CT molecular complexity index is 1310. The first kappa shape index (κ1) is 24.0. The van der Waals surface area contributed by atoms with E-state index in [2.05, 4.69) is 11.6 Å². The fraction of sp³-hybridized carbons (Fsp3) is 0.200. The van der Waals surface area contributed by atoms with E-state index in [1.165, 1.54) is 6.26 Å². The van der Waals surface area contributed by atoms with Gasteiger partial charge >= 0.3 is 11.9 Å². The molecule has 10 heteroatoms. The maximum Gasteiger partial charge on any atom is 0.350 e. The lowest BCUT2D eigenvalue weighted by Crippen LogP contribution is -2.29. The summed E-state index contributed by atoms with van der Waals surface area (Å²) in [5.41, 5.74) is 0.516. The summed E-state index contributed by atoms with van der Waals surface area (Å²) < 4.78 is 16.0. The molecule has 0 radical (unpaired) electrons. The Morgan fingerprint density at radius 1 is 1.29 bits per heavy atom. The summed E-state index contributed by atoms with van der Waals surface area (Å²) in [6.45, 7) is 7.39. The largest absolute Gasteiger partial charge is 0.507 e. The van der Waals surface area contributed by atoms with Crippen LogP contribution < -0.4 is 9.64 Å². The normalized spacial score (nSPS) is 17.0. The zero-order valence-electron chi connectivity index (χ0n) is 19.0. The third kappa shape index (κ3) is 4.47. The second kappa shape index (κ2) is 9.98. The smallest absolute Gasteiger partial charge is 0.350 e. The number of hydrogen-bond acceptors (Lipinski definition) is 9. The number of carbonyl (C=O) groups is 3. The number of amides is 1. The molecule has 0 aliphatic carbocycles. The van der Waals surface area contributed by atoms with Crippen molar-refractivity contribution in [2.75, 3.05) is 18.1 Å². The molecule has 1 aliphatic rings. The van der Waals surface area contributed by atoms with Crippen LogP contribution in [0, 0.1) is 6.92 Å². The maximum atomic E-state index is 13.2.